The number of aryl methyl sites for hydroxylation is 2. The number of hydrazine groups is 1. The van der Waals surface area contributed by atoms with Crippen LogP contribution in [-0.2, 0) is 7.05 Å². The van der Waals surface area contributed by atoms with Crippen molar-refractivity contribution in [2.45, 2.75) is 13.0 Å². The van der Waals surface area contributed by atoms with Gasteiger partial charge in [-0.3, -0.25) is 10.8 Å². The van der Waals surface area contributed by atoms with Gasteiger partial charge in [0.25, 0.3) is 0 Å². The summed E-state index contributed by atoms with van der Waals surface area (Å²) in [5, 5.41) is 9.11. The number of nitrogens with zero attached hydrogens (tertiary/aromatic N) is 4. The van der Waals surface area contributed by atoms with Gasteiger partial charge in [-0.05, 0) is 40.5 Å². The molecule has 7 heteroatoms. The van der Waals surface area contributed by atoms with Crippen LogP contribution in [0.1, 0.15) is 23.0 Å². The second kappa shape index (κ2) is 5.51. The molecule has 0 bridgehead atoms. The second-order valence-electron chi connectivity index (χ2n) is 4.86. The van der Waals surface area contributed by atoms with Crippen LogP contribution in [0.2, 0.25) is 0 Å². The van der Waals surface area contributed by atoms with E-state index in [2.05, 4.69) is 36.7 Å². The van der Waals surface area contributed by atoms with Crippen LogP contribution < -0.4 is 11.3 Å². The Hall–Kier alpha value is -1.83. The van der Waals surface area contributed by atoms with Crippen LogP contribution in [0, 0.1) is 6.92 Å². The van der Waals surface area contributed by atoms with E-state index in [0.717, 1.165) is 27.9 Å². The first kappa shape index (κ1) is 14.1. The van der Waals surface area contributed by atoms with Crippen LogP contribution in [0.15, 0.2) is 34.9 Å². The number of rotatable bonds is 3. The SMILES string of the molecule is Cc1cc(C(NN)c2c(Br)nnn2C)c2ccccc2n1. The van der Waals surface area contributed by atoms with Crippen molar-refractivity contribution in [2.24, 2.45) is 12.9 Å². The molecule has 0 saturated carbocycles. The summed E-state index contributed by atoms with van der Waals surface area (Å²) in [5.41, 5.74) is 6.66. The van der Waals surface area contributed by atoms with E-state index in [1.54, 1.807) is 4.68 Å². The van der Waals surface area contributed by atoms with E-state index in [4.69, 9.17) is 5.84 Å². The predicted octanol–water partition coefficient (Wildman–Crippen LogP) is 1.99. The van der Waals surface area contributed by atoms with Crippen LogP contribution in [0.4, 0.5) is 0 Å². The van der Waals surface area contributed by atoms with E-state index < -0.39 is 0 Å². The van der Waals surface area contributed by atoms with Crippen molar-refractivity contribution >= 4 is 26.8 Å². The molecule has 108 valence electrons. The molecule has 0 fully saturated rings. The monoisotopic (exact) mass is 346 g/mol. The molecule has 1 atom stereocenters. The first-order valence-electron chi connectivity index (χ1n) is 6.49. The molecular formula is C14H15BrN6. The molecule has 0 spiro atoms. The van der Waals surface area contributed by atoms with Crippen molar-refractivity contribution in [2.75, 3.05) is 0 Å². The van der Waals surface area contributed by atoms with Crippen LogP contribution in [-0.4, -0.2) is 20.0 Å². The minimum atomic E-state index is -0.231. The van der Waals surface area contributed by atoms with Crippen molar-refractivity contribution < 1.29 is 0 Å². The molecular weight excluding hydrogens is 332 g/mol. The number of benzene rings is 1. The highest BCUT2D eigenvalue weighted by Gasteiger charge is 2.23. The molecule has 2 heterocycles. The molecule has 0 radical (unpaired) electrons. The normalized spacial score (nSPS) is 12.8. The Morgan fingerprint density at radius 1 is 1.33 bits per heavy atom. The van der Waals surface area contributed by atoms with E-state index in [0.29, 0.717) is 4.60 Å². The molecule has 0 saturated heterocycles. The summed E-state index contributed by atoms with van der Waals surface area (Å²) in [6, 6.07) is 9.81. The quantitative estimate of drug-likeness (QED) is 0.559. The number of nitrogens with one attached hydrogen (secondary N) is 1. The highest BCUT2D eigenvalue weighted by Crippen LogP contribution is 2.31. The van der Waals surface area contributed by atoms with E-state index in [1.807, 2.05) is 44.3 Å². The zero-order chi connectivity index (χ0) is 15.0. The average Bonchev–Trinajstić information content (AvgIpc) is 2.80. The van der Waals surface area contributed by atoms with E-state index >= 15 is 0 Å². The molecule has 3 rings (SSSR count). The Labute approximate surface area is 130 Å². The maximum absolute atomic E-state index is 5.81. The fourth-order valence-electron chi connectivity index (χ4n) is 2.54. The van der Waals surface area contributed by atoms with Gasteiger partial charge in [0, 0.05) is 18.1 Å². The molecule has 0 aliphatic rings. The van der Waals surface area contributed by atoms with Gasteiger partial charge in [-0.15, -0.1) is 5.10 Å². The fraction of sp³-hybridized carbons (Fsp3) is 0.214. The maximum Gasteiger partial charge on any atom is 0.153 e. The Morgan fingerprint density at radius 3 is 2.76 bits per heavy atom. The lowest BCUT2D eigenvalue weighted by Crippen LogP contribution is -2.31. The minimum Gasteiger partial charge on any atom is -0.271 e. The summed E-state index contributed by atoms with van der Waals surface area (Å²) in [4.78, 5) is 4.56. The van der Waals surface area contributed by atoms with E-state index in [-0.39, 0.29) is 6.04 Å². The van der Waals surface area contributed by atoms with Crippen molar-refractivity contribution in [3.8, 4) is 0 Å². The molecule has 6 nitrogen and oxygen atoms in total. The van der Waals surface area contributed by atoms with Gasteiger partial charge in [0.1, 0.15) is 0 Å². The first-order valence-corrected chi connectivity index (χ1v) is 7.28. The van der Waals surface area contributed by atoms with Gasteiger partial charge in [-0.2, -0.15) is 0 Å². The number of halogens is 1. The molecule has 1 aromatic carbocycles. The smallest absolute Gasteiger partial charge is 0.153 e. The Balaban J connectivity index is 2.27. The molecule has 0 aliphatic heterocycles. The third-order valence-electron chi connectivity index (χ3n) is 3.45. The summed E-state index contributed by atoms with van der Waals surface area (Å²) < 4.78 is 2.38. The summed E-state index contributed by atoms with van der Waals surface area (Å²) in [6.07, 6.45) is 0. The molecule has 21 heavy (non-hydrogen) atoms. The third kappa shape index (κ3) is 2.44. The summed E-state index contributed by atoms with van der Waals surface area (Å²) >= 11 is 3.43. The number of hydrogen-bond donors (Lipinski definition) is 2. The van der Waals surface area contributed by atoms with Crippen molar-refractivity contribution in [3.63, 3.8) is 0 Å². The van der Waals surface area contributed by atoms with Gasteiger partial charge in [-0.1, -0.05) is 23.4 Å². The van der Waals surface area contributed by atoms with Gasteiger partial charge >= 0.3 is 0 Å². The largest absolute Gasteiger partial charge is 0.271 e. The Kier molecular flexibility index (Phi) is 3.71. The number of pyridine rings is 1. The molecule has 0 amide bonds. The van der Waals surface area contributed by atoms with Gasteiger partial charge in [0.05, 0.1) is 17.3 Å². The lowest BCUT2D eigenvalue weighted by Gasteiger charge is -2.19. The standard InChI is InChI=1S/C14H15BrN6/c1-8-7-10(9-5-3-4-6-11(9)17-8)12(18-16)13-14(15)19-20-21(13)2/h3-7,12,18H,16H2,1-2H3. The van der Waals surface area contributed by atoms with Crippen LogP contribution in [0.5, 0.6) is 0 Å². The third-order valence-corrected chi connectivity index (χ3v) is 4.02. The Bertz CT molecular complexity index is 778. The lowest BCUT2D eigenvalue weighted by atomic mass is 9.99. The summed E-state index contributed by atoms with van der Waals surface area (Å²) in [5.74, 6) is 5.81. The second-order valence-corrected chi connectivity index (χ2v) is 5.61. The van der Waals surface area contributed by atoms with Gasteiger partial charge in [0.15, 0.2) is 4.60 Å². The van der Waals surface area contributed by atoms with Gasteiger partial charge in [0.2, 0.25) is 0 Å². The maximum atomic E-state index is 5.81. The van der Waals surface area contributed by atoms with Crippen LogP contribution in [0.3, 0.4) is 0 Å². The molecule has 0 aliphatic carbocycles. The topological polar surface area (TPSA) is 81.6 Å². The zero-order valence-electron chi connectivity index (χ0n) is 11.7. The molecule has 3 aromatic rings. The summed E-state index contributed by atoms with van der Waals surface area (Å²) in [6.45, 7) is 1.97. The highest BCUT2D eigenvalue weighted by atomic mass is 79.9. The van der Waals surface area contributed by atoms with Gasteiger partial charge in [-0.25, -0.2) is 10.1 Å². The predicted molar refractivity (Wildman–Crippen MR) is 84.3 cm³/mol. The van der Waals surface area contributed by atoms with Crippen LogP contribution in [0.25, 0.3) is 10.9 Å². The van der Waals surface area contributed by atoms with E-state index in [9.17, 15) is 0 Å². The highest BCUT2D eigenvalue weighted by molar-refractivity contribution is 9.10. The summed E-state index contributed by atoms with van der Waals surface area (Å²) in [7, 11) is 1.84. The minimum absolute atomic E-state index is 0.231. The molecule has 2 aromatic heterocycles. The number of hydrogen-bond acceptors (Lipinski definition) is 5. The zero-order valence-corrected chi connectivity index (χ0v) is 13.3. The van der Waals surface area contributed by atoms with Crippen LogP contribution >= 0.6 is 15.9 Å². The fourth-order valence-corrected chi connectivity index (χ4v) is 3.10. The van der Waals surface area contributed by atoms with Gasteiger partial charge < -0.3 is 0 Å². The Morgan fingerprint density at radius 2 is 2.10 bits per heavy atom. The number of nitrogens with two attached hydrogens (primary N) is 1. The van der Waals surface area contributed by atoms with Crippen molar-refractivity contribution in [1.82, 2.24) is 25.4 Å². The number of para-hydroxylation sites is 1. The average molecular weight is 347 g/mol. The number of fused-ring (bicyclic) bond motifs is 1. The van der Waals surface area contributed by atoms with Crippen molar-refractivity contribution in [3.05, 3.63) is 51.9 Å². The lowest BCUT2D eigenvalue weighted by molar-refractivity contribution is 0.571. The molecule has 3 N–H and O–H groups in total. The number of aromatic nitrogens is 4. The van der Waals surface area contributed by atoms with E-state index in [1.165, 1.54) is 0 Å². The first-order chi connectivity index (χ1) is 10.1. The molecule has 1 unspecified atom stereocenters. The van der Waals surface area contributed by atoms with Crippen molar-refractivity contribution in [1.29, 1.82) is 0 Å².